The lowest BCUT2D eigenvalue weighted by Gasteiger charge is -2.26. The summed E-state index contributed by atoms with van der Waals surface area (Å²) in [6, 6.07) is 1.41. The van der Waals surface area contributed by atoms with E-state index in [0.717, 1.165) is 12.6 Å². The third-order valence-corrected chi connectivity index (χ3v) is 3.26. The Balaban J connectivity index is 2.21. The van der Waals surface area contributed by atoms with Gasteiger partial charge in [0.2, 0.25) is 0 Å². The molecule has 1 aliphatic rings. The van der Waals surface area contributed by atoms with Crippen molar-refractivity contribution in [3.05, 3.63) is 0 Å². The van der Waals surface area contributed by atoms with Crippen molar-refractivity contribution in [1.29, 1.82) is 0 Å². The van der Waals surface area contributed by atoms with Crippen LogP contribution in [0.15, 0.2) is 0 Å². The summed E-state index contributed by atoms with van der Waals surface area (Å²) in [7, 11) is 4.30. The zero-order valence-corrected chi connectivity index (χ0v) is 10.8. The van der Waals surface area contributed by atoms with Crippen molar-refractivity contribution in [2.24, 2.45) is 0 Å². The summed E-state index contributed by atoms with van der Waals surface area (Å²) in [5.41, 5.74) is 0. The standard InChI is InChI=1S/C13H28N2/c1-12(11-15(2)3)14-13-9-7-5-4-6-8-10-13/h12-14H,4-11H2,1-3H3. The fourth-order valence-corrected chi connectivity index (χ4v) is 2.63. The van der Waals surface area contributed by atoms with Crippen molar-refractivity contribution in [2.75, 3.05) is 20.6 Å². The molecule has 90 valence electrons. The van der Waals surface area contributed by atoms with Crippen molar-refractivity contribution < 1.29 is 0 Å². The second-order valence-corrected chi connectivity index (χ2v) is 5.37. The predicted molar refractivity (Wildman–Crippen MR) is 67.3 cm³/mol. The molecule has 1 unspecified atom stereocenters. The molecule has 2 heteroatoms. The molecule has 0 bridgehead atoms. The monoisotopic (exact) mass is 212 g/mol. The van der Waals surface area contributed by atoms with E-state index in [1.165, 1.54) is 44.9 Å². The summed E-state index contributed by atoms with van der Waals surface area (Å²) in [6.45, 7) is 3.45. The molecule has 1 saturated carbocycles. The molecule has 0 heterocycles. The van der Waals surface area contributed by atoms with Gasteiger partial charge in [0.1, 0.15) is 0 Å². The van der Waals surface area contributed by atoms with E-state index in [4.69, 9.17) is 0 Å². The van der Waals surface area contributed by atoms with Gasteiger partial charge in [-0.15, -0.1) is 0 Å². The van der Waals surface area contributed by atoms with Gasteiger partial charge in [0, 0.05) is 18.6 Å². The Morgan fingerprint density at radius 3 is 2.13 bits per heavy atom. The molecule has 0 spiro atoms. The molecule has 2 nitrogen and oxygen atoms in total. The Morgan fingerprint density at radius 1 is 1.07 bits per heavy atom. The highest BCUT2D eigenvalue weighted by Crippen LogP contribution is 2.17. The molecule has 1 aliphatic carbocycles. The molecule has 1 atom stereocenters. The summed E-state index contributed by atoms with van der Waals surface area (Å²) in [5, 5.41) is 3.78. The van der Waals surface area contributed by atoms with Crippen LogP contribution in [0.5, 0.6) is 0 Å². The molecule has 0 aromatic rings. The zero-order valence-electron chi connectivity index (χ0n) is 10.8. The number of nitrogens with zero attached hydrogens (tertiary/aromatic N) is 1. The highest BCUT2D eigenvalue weighted by molar-refractivity contribution is 4.74. The van der Waals surface area contributed by atoms with Gasteiger partial charge in [0.15, 0.2) is 0 Å². The summed E-state index contributed by atoms with van der Waals surface area (Å²) < 4.78 is 0. The molecule has 0 amide bonds. The van der Waals surface area contributed by atoms with Gasteiger partial charge < -0.3 is 10.2 Å². The molecule has 0 radical (unpaired) electrons. The Kier molecular flexibility index (Phi) is 6.26. The van der Waals surface area contributed by atoms with Crippen molar-refractivity contribution in [1.82, 2.24) is 10.2 Å². The Morgan fingerprint density at radius 2 is 1.60 bits per heavy atom. The van der Waals surface area contributed by atoms with Gasteiger partial charge in [0.25, 0.3) is 0 Å². The van der Waals surface area contributed by atoms with Crippen LogP contribution in [0.4, 0.5) is 0 Å². The number of hydrogen-bond donors (Lipinski definition) is 1. The highest BCUT2D eigenvalue weighted by atomic mass is 15.1. The van der Waals surface area contributed by atoms with Gasteiger partial charge in [-0.05, 0) is 33.9 Å². The molecule has 0 saturated heterocycles. The van der Waals surface area contributed by atoms with E-state index in [-0.39, 0.29) is 0 Å². The average Bonchev–Trinajstić information content (AvgIpc) is 2.08. The third kappa shape index (κ3) is 6.16. The van der Waals surface area contributed by atoms with Gasteiger partial charge in [-0.1, -0.05) is 32.1 Å². The Hall–Kier alpha value is -0.0800. The van der Waals surface area contributed by atoms with Crippen molar-refractivity contribution >= 4 is 0 Å². The maximum Gasteiger partial charge on any atom is 0.0169 e. The SMILES string of the molecule is CC(CN(C)C)NC1CCCCCCC1. The molecule has 15 heavy (non-hydrogen) atoms. The van der Waals surface area contributed by atoms with Crippen LogP contribution < -0.4 is 5.32 Å². The van der Waals surface area contributed by atoms with Gasteiger partial charge in [-0.25, -0.2) is 0 Å². The average molecular weight is 212 g/mol. The van der Waals surface area contributed by atoms with Crippen LogP contribution in [0, 0.1) is 0 Å². The molecule has 0 aromatic carbocycles. The van der Waals surface area contributed by atoms with E-state index < -0.39 is 0 Å². The fourth-order valence-electron chi connectivity index (χ4n) is 2.63. The maximum atomic E-state index is 3.78. The number of hydrogen-bond acceptors (Lipinski definition) is 2. The quantitative estimate of drug-likeness (QED) is 0.770. The minimum atomic E-state index is 0.629. The van der Waals surface area contributed by atoms with Crippen LogP contribution in [-0.2, 0) is 0 Å². The summed E-state index contributed by atoms with van der Waals surface area (Å²) in [4.78, 5) is 2.26. The summed E-state index contributed by atoms with van der Waals surface area (Å²) in [5.74, 6) is 0. The van der Waals surface area contributed by atoms with E-state index >= 15 is 0 Å². The van der Waals surface area contributed by atoms with Crippen molar-refractivity contribution in [3.63, 3.8) is 0 Å². The van der Waals surface area contributed by atoms with Crippen LogP contribution in [0.3, 0.4) is 0 Å². The lowest BCUT2D eigenvalue weighted by Crippen LogP contribution is -2.42. The highest BCUT2D eigenvalue weighted by Gasteiger charge is 2.13. The summed E-state index contributed by atoms with van der Waals surface area (Å²) in [6.07, 6.45) is 9.97. The first-order valence-corrected chi connectivity index (χ1v) is 6.59. The zero-order chi connectivity index (χ0) is 11.1. The van der Waals surface area contributed by atoms with Crippen LogP contribution >= 0.6 is 0 Å². The minimum Gasteiger partial charge on any atom is -0.310 e. The lowest BCUT2D eigenvalue weighted by atomic mass is 9.96. The first kappa shape index (κ1) is 13.0. The molecular formula is C13H28N2. The third-order valence-electron chi connectivity index (χ3n) is 3.26. The van der Waals surface area contributed by atoms with Gasteiger partial charge in [-0.3, -0.25) is 0 Å². The fraction of sp³-hybridized carbons (Fsp3) is 1.00. The molecule has 1 fully saturated rings. The van der Waals surface area contributed by atoms with E-state index in [2.05, 4.69) is 31.2 Å². The Bertz CT molecular complexity index is 149. The van der Waals surface area contributed by atoms with E-state index in [1.807, 2.05) is 0 Å². The Labute approximate surface area is 95.4 Å². The molecule has 0 aromatic heterocycles. The molecule has 1 rings (SSSR count). The number of nitrogens with one attached hydrogen (secondary N) is 1. The second-order valence-electron chi connectivity index (χ2n) is 5.37. The van der Waals surface area contributed by atoms with Crippen LogP contribution in [0.25, 0.3) is 0 Å². The van der Waals surface area contributed by atoms with Crippen LogP contribution in [0.1, 0.15) is 51.9 Å². The van der Waals surface area contributed by atoms with E-state index in [1.54, 1.807) is 0 Å². The lowest BCUT2D eigenvalue weighted by molar-refractivity contribution is 0.302. The summed E-state index contributed by atoms with van der Waals surface area (Å²) >= 11 is 0. The molecule has 0 aliphatic heterocycles. The first-order valence-electron chi connectivity index (χ1n) is 6.59. The van der Waals surface area contributed by atoms with Crippen LogP contribution in [0.2, 0.25) is 0 Å². The van der Waals surface area contributed by atoms with E-state index in [0.29, 0.717) is 6.04 Å². The predicted octanol–water partition coefficient (Wildman–Crippen LogP) is 2.64. The normalized spacial score (nSPS) is 22.4. The van der Waals surface area contributed by atoms with Gasteiger partial charge in [0.05, 0.1) is 0 Å². The van der Waals surface area contributed by atoms with Gasteiger partial charge in [-0.2, -0.15) is 0 Å². The van der Waals surface area contributed by atoms with Crippen molar-refractivity contribution in [3.8, 4) is 0 Å². The molecular weight excluding hydrogens is 184 g/mol. The molecule has 1 N–H and O–H groups in total. The first-order chi connectivity index (χ1) is 7.18. The maximum absolute atomic E-state index is 3.78. The van der Waals surface area contributed by atoms with Crippen LogP contribution in [-0.4, -0.2) is 37.6 Å². The minimum absolute atomic E-state index is 0.629. The second kappa shape index (κ2) is 7.24. The van der Waals surface area contributed by atoms with Gasteiger partial charge >= 0.3 is 0 Å². The number of rotatable bonds is 4. The van der Waals surface area contributed by atoms with E-state index in [9.17, 15) is 0 Å². The van der Waals surface area contributed by atoms with Crippen molar-refractivity contribution in [2.45, 2.75) is 64.0 Å². The largest absolute Gasteiger partial charge is 0.310 e. The smallest absolute Gasteiger partial charge is 0.0169 e. The topological polar surface area (TPSA) is 15.3 Å². The number of likely N-dealkylation sites (N-methyl/N-ethyl adjacent to an activating group) is 1.